The summed E-state index contributed by atoms with van der Waals surface area (Å²) in [5.74, 6) is 1.90. The molecule has 146 valence electrons. The van der Waals surface area contributed by atoms with E-state index in [0.29, 0.717) is 42.2 Å². The Balaban J connectivity index is 1.35. The van der Waals surface area contributed by atoms with Gasteiger partial charge in [-0.2, -0.15) is 0 Å². The third-order valence-electron chi connectivity index (χ3n) is 3.72. The monoisotopic (exact) mass is 399 g/mol. The van der Waals surface area contributed by atoms with E-state index in [1.807, 2.05) is 54.6 Å². The van der Waals surface area contributed by atoms with E-state index in [1.54, 1.807) is 7.11 Å². The minimum Gasteiger partial charge on any atom is -0.493 e. The van der Waals surface area contributed by atoms with Gasteiger partial charge in [0.05, 0.1) is 25.8 Å². The number of methoxy groups -OCH3 is 1. The first kappa shape index (κ1) is 19.8. The Labute approximate surface area is 167 Å². The van der Waals surface area contributed by atoms with Crippen LogP contribution in [0.1, 0.15) is 11.5 Å². The first-order valence-corrected chi connectivity index (χ1v) is 9.75. The first-order chi connectivity index (χ1) is 13.7. The fraction of sp³-hybridized carbons (Fsp3) is 0.250. The van der Waals surface area contributed by atoms with Crippen LogP contribution in [0.4, 0.5) is 0 Å². The fourth-order valence-electron chi connectivity index (χ4n) is 2.41. The van der Waals surface area contributed by atoms with Gasteiger partial charge in [0.1, 0.15) is 6.61 Å². The Kier molecular flexibility index (Phi) is 7.31. The maximum Gasteiger partial charge on any atom is 0.277 e. The number of benzene rings is 2. The topological polar surface area (TPSA) is 86.5 Å². The zero-order valence-electron chi connectivity index (χ0n) is 15.5. The number of para-hydroxylation sites is 2. The molecule has 1 heterocycles. The second-order valence-corrected chi connectivity index (χ2v) is 6.69. The van der Waals surface area contributed by atoms with Crippen molar-refractivity contribution >= 4 is 17.7 Å². The smallest absolute Gasteiger partial charge is 0.277 e. The van der Waals surface area contributed by atoms with Crippen molar-refractivity contribution in [2.75, 3.05) is 26.0 Å². The van der Waals surface area contributed by atoms with Crippen molar-refractivity contribution in [3.05, 3.63) is 66.1 Å². The van der Waals surface area contributed by atoms with Crippen LogP contribution in [0.25, 0.3) is 0 Å². The average molecular weight is 399 g/mol. The number of hydrogen-bond donors (Lipinski definition) is 1. The zero-order valence-corrected chi connectivity index (χ0v) is 16.3. The summed E-state index contributed by atoms with van der Waals surface area (Å²) in [5.41, 5.74) is 1.09. The van der Waals surface area contributed by atoms with Crippen LogP contribution in [0.3, 0.4) is 0 Å². The van der Waals surface area contributed by atoms with Gasteiger partial charge in [-0.15, -0.1) is 10.2 Å². The second-order valence-electron chi connectivity index (χ2n) is 5.76. The van der Waals surface area contributed by atoms with E-state index < -0.39 is 0 Å². The van der Waals surface area contributed by atoms with Gasteiger partial charge in [0.25, 0.3) is 5.22 Å². The molecule has 0 aliphatic carbocycles. The standard InChI is InChI=1S/C20H21N3O4S/c1-25-16-9-5-6-10-17(16)26-12-11-21-18(24)14-28-20-23-22-19(27-20)13-15-7-3-2-4-8-15/h2-10H,11-14H2,1H3,(H,21,24). The molecule has 1 aromatic heterocycles. The Morgan fingerprint density at radius 3 is 2.61 bits per heavy atom. The number of carbonyl (C=O) groups is 1. The summed E-state index contributed by atoms with van der Waals surface area (Å²) in [7, 11) is 1.59. The Bertz CT molecular complexity index is 886. The lowest BCUT2D eigenvalue weighted by Gasteiger charge is -2.10. The molecule has 0 aliphatic heterocycles. The molecule has 2 aromatic carbocycles. The van der Waals surface area contributed by atoms with Gasteiger partial charge in [-0.1, -0.05) is 54.2 Å². The molecular formula is C20H21N3O4S. The van der Waals surface area contributed by atoms with E-state index in [4.69, 9.17) is 13.9 Å². The average Bonchev–Trinajstić information content (AvgIpc) is 3.18. The van der Waals surface area contributed by atoms with Gasteiger partial charge in [0, 0.05) is 0 Å². The number of carbonyl (C=O) groups excluding carboxylic acids is 1. The van der Waals surface area contributed by atoms with Crippen LogP contribution in [0.2, 0.25) is 0 Å². The lowest BCUT2D eigenvalue weighted by atomic mass is 10.2. The molecule has 0 aliphatic rings. The third-order valence-corrected chi connectivity index (χ3v) is 4.54. The SMILES string of the molecule is COc1ccccc1OCCNC(=O)CSc1nnc(Cc2ccccc2)o1. The Morgan fingerprint density at radius 1 is 1.07 bits per heavy atom. The Hall–Kier alpha value is -3.00. The predicted molar refractivity (Wildman–Crippen MR) is 106 cm³/mol. The summed E-state index contributed by atoms with van der Waals surface area (Å²) in [5, 5.41) is 11.2. The highest BCUT2D eigenvalue weighted by atomic mass is 32.2. The molecule has 0 saturated heterocycles. The van der Waals surface area contributed by atoms with Crippen LogP contribution in [0.5, 0.6) is 11.5 Å². The van der Waals surface area contributed by atoms with Crippen molar-refractivity contribution in [3.8, 4) is 11.5 Å². The zero-order chi connectivity index (χ0) is 19.6. The first-order valence-electron chi connectivity index (χ1n) is 8.76. The summed E-state index contributed by atoms with van der Waals surface area (Å²) in [6, 6.07) is 17.2. The number of amides is 1. The highest BCUT2D eigenvalue weighted by Crippen LogP contribution is 2.25. The van der Waals surface area contributed by atoms with Gasteiger partial charge in [0.2, 0.25) is 11.8 Å². The molecule has 1 amide bonds. The summed E-state index contributed by atoms with van der Waals surface area (Å²) in [6.07, 6.45) is 0.570. The van der Waals surface area contributed by atoms with Crippen molar-refractivity contribution in [2.24, 2.45) is 0 Å². The van der Waals surface area contributed by atoms with Gasteiger partial charge in [-0.3, -0.25) is 4.79 Å². The largest absolute Gasteiger partial charge is 0.493 e. The minimum atomic E-state index is -0.128. The molecule has 28 heavy (non-hydrogen) atoms. The van der Waals surface area contributed by atoms with Crippen molar-refractivity contribution in [2.45, 2.75) is 11.6 Å². The Morgan fingerprint density at radius 2 is 1.82 bits per heavy atom. The van der Waals surface area contributed by atoms with E-state index >= 15 is 0 Å². The van der Waals surface area contributed by atoms with Gasteiger partial charge in [-0.25, -0.2) is 0 Å². The van der Waals surface area contributed by atoms with Crippen molar-refractivity contribution in [1.29, 1.82) is 0 Å². The molecule has 0 atom stereocenters. The van der Waals surface area contributed by atoms with E-state index in [2.05, 4.69) is 15.5 Å². The maximum absolute atomic E-state index is 11.9. The second kappa shape index (κ2) is 10.4. The van der Waals surface area contributed by atoms with Crippen molar-refractivity contribution in [1.82, 2.24) is 15.5 Å². The van der Waals surface area contributed by atoms with Gasteiger partial charge < -0.3 is 19.2 Å². The summed E-state index contributed by atoms with van der Waals surface area (Å²) in [4.78, 5) is 11.9. The van der Waals surface area contributed by atoms with Gasteiger partial charge in [-0.05, 0) is 17.7 Å². The summed E-state index contributed by atoms with van der Waals surface area (Å²) < 4.78 is 16.4. The molecule has 0 unspecified atom stereocenters. The van der Waals surface area contributed by atoms with E-state index in [0.717, 1.165) is 5.56 Å². The van der Waals surface area contributed by atoms with Crippen LogP contribution in [0.15, 0.2) is 64.2 Å². The van der Waals surface area contributed by atoms with Gasteiger partial charge >= 0.3 is 0 Å². The maximum atomic E-state index is 11.9. The predicted octanol–water partition coefficient (Wildman–Crippen LogP) is 2.96. The molecule has 3 rings (SSSR count). The fourth-order valence-corrected chi connectivity index (χ4v) is 3.02. The van der Waals surface area contributed by atoms with Gasteiger partial charge in [0.15, 0.2) is 11.5 Å². The number of hydrogen-bond acceptors (Lipinski definition) is 7. The molecule has 0 fully saturated rings. The number of aromatic nitrogens is 2. The van der Waals surface area contributed by atoms with Crippen LogP contribution in [-0.2, 0) is 11.2 Å². The lowest BCUT2D eigenvalue weighted by Crippen LogP contribution is -2.29. The normalized spacial score (nSPS) is 10.5. The third kappa shape index (κ3) is 6.02. The lowest BCUT2D eigenvalue weighted by molar-refractivity contribution is -0.118. The number of nitrogens with one attached hydrogen (secondary N) is 1. The minimum absolute atomic E-state index is 0.128. The van der Waals surface area contributed by atoms with Crippen LogP contribution in [0, 0.1) is 0 Å². The number of rotatable bonds is 10. The molecule has 0 bridgehead atoms. The molecule has 0 saturated carbocycles. The molecule has 0 spiro atoms. The molecule has 8 heteroatoms. The molecular weight excluding hydrogens is 378 g/mol. The van der Waals surface area contributed by atoms with Crippen LogP contribution in [-0.4, -0.2) is 42.1 Å². The molecule has 3 aromatic rings. The molecule has 1 N–H and O–H groups in total. The van der Waals surface area contributed by atoms with E-state index in [-0.39, 0.29) is 11.7 Å². The molecule has 0 radical (unpaired) electrons. The number of thioether (sulfide) groups is 1. The van der Waals surface area contributed by atoms with Crippen molar-refractivity contribution < 1.29 is 18.7 Å². The van der Waals surface area contributed by atoms with E-state index in [9.17, 15) is 4.79 Å². The van der Waals surface area contributed by atoms with E-state index in [1.165, 1.54) is 11.8 Å². The molecule has 7 nitrogen and oxygen atoms in total. The summed E-state index contributed by atoms with van der Waals surface area (Å²) >= 11 is 1.21. The summed E-state index contributed by atoms with van der Waals surface area (Å²) in [6.45, 7) is 0.735. The highest BCUT2D eigenvalue weighted by Gasteiger charge is 2.10. The van der Waals surface area contributed by atoms with Crippen molar-refractivity contribution in [3.63, 3.8) is 0 Å². The number of ether oxygens (including phenoxy) is 2. The van der Waals surface area contributed by atoms with Crippen LogP contribution >= 0.6 is 11.8 Å². The highest BCUT2D eigenvalue weighted by molar-refractivity contribution is 7.99. The van der Waals surface area contributed by atoms with Crippen LogP contribution < -0.4 is 14.8 Å². The quantitative estimate of drug-likeness (QED) is 0.414. The number of nitrogens with zero attached hydrogens (tertiary/aromatic N) is 2.